The number of halogens is 2. The molecule has 5 aromatic rings. The minimum Gasteiger partial charge on any atom is -0.367 e. The molecule has 1 aliphatic rings. The quantitative estimate of drug-likeness (QED) is 0.219. The molecule has 2 aromatic heterocycles. The van der Waals surface area contributed by atoms with E-state index in [9.17, 15) is 0 Å². The van der Waals surface area contributed by atoms with Gasteiger partial charge in [0.05, 0.1) is 22.2 Å². The van der Waals surface area contributed by atoms with Gasteiger partial charge < -0.3 is 9.88 Å². The van der Waals surface area contributed by atoms with E-state index in [1.807, 2.05) is 0 Å². The van der Waals surface area contributed by atoms with Crippen LogP contribution in [0.5, 0.6) is 0 Å². The van der Waals surface area contributed by atoms with E-state index < -0.39 is 0 Å². The fourth-order valence-corrected chi connectivity index (χ4v) is 5.05. The van der Waals surface area contributed by atoms with Crippen molar-refractivity contribution in [3.05, 3.63) is 84.2 Å². The molecular weight excluding hydrogens is 558 g/mol. The predicted octanol–water partition coefficient (Wildman–Crippen LogP) is 7.33. The molecule has 6 nitrogen and oxygen atoms in total. The van der Waals surface area contributed by atoms with Crippen molar-refractivity contribution in [2.75, 3.05) is 31.1 Å². The average Bonchev–Trinajstić information content (AvgIpc) is 3.33. The number of benzene rings is 3. The van der Waals surface area contributed by atoms with Crippen molar-refractivity contribution < 1.29 is 0 Å². The van der Waals surface area contributed by atoms with E-state index in [2.05, 4.69) is 106 Å². The molecule has 0 radical (unpaired) electrons. The Labute approximate surface area is 253 Å². The van der Waals surface area contributed by atoms with Gasteiger partial charge in [0, 0.05) is 50.7 Å². The van der Waals surface area contributed by atoms with Crippen molar-refractivity contribution >= 4 is 62.5 Å². The highest BCUT2D eigenvalue weighted by molar-refractivity contribution is 6.92. The molecule has 1 atom stereocenters. The van der Waals surface area contributed by atoms with Crippen LogP contribution in [0.3, 0.4) is 0 Å². The van der Waals surface area contributed by atoms with Gasteiger partial charge >= 0.3 is 0 Å². The molecule has 3 aromatic carbocycles. The molecule has 0 saturated carbocycles. The second-order valence-electron chi connectivity index (χ2n) is 10.7. The normalized spacial score (nSPS) is 13.6. The van der Waals surface area contributed by atoms with Crippen molar-refractivity contribution in [2.45, 2.75) is 40.2 Å². The number of para-hydroxylation sites is 1. The van der Waals surface area contributed by atoms with Gasteiger partial charge in [0.25, 0.3) is 0 Å². The Morgan fingerprint density at radius 3 is 2.17 bits per heavy atom. The molecule has 9 heteroatoms. The van der Waals surface area contributed by atoms with Crippen LogP contribution in [0.15, 0.2) is 73.1 Å². The SMILES string of the molecule is C.CC(C)(C)c1ccc(-c2nc3c(N4CCN(Cc5ccc6nccnc6c5)CC4)cccc3[nH]2)cc1.Cl.Cl.P. The second-order valence-corrected chi connectivity index (χ2v) is 10.7. The zero-order valence-corrected chi connectivity index (χ0v) is 25.8. The van der Waals surface area contributed by atoms with Gasteiger partial charge in [-0.05, 0) is 40.8 Å². The Balaban J connectivity index is 0.00000140. The van der Waals surface area contributed by atoms with Crippen LogP contribution in [0.1, 0.15) is 39.3 Å². The van der Waals surface area contributed by atoms with Crippen LogP contribution in [-0.4, -0.2) is 51.0 Å². The zero-order chi connectivity index (χ0) is 24.7. The summed E-state index contributed by atoms with van der Waals surface area (Å²) in [6, 6.07) is 21.6. The number of anilines is 1. The van der Waals surface area contributed by atoms with Gasteiger partial charge in [0.1, 0.15) is 11.3 Å². The monoisotopic (exact) mass is 598 g/mol. The van der Waals surface area contributed by atoms with Crippen molar-refractivity contribution in [1.82, 2.24) is 24.8 Å². The summed E-state index contributed by atoms with van der Waals surface area (Å²) in [5.74, 6) is 0.927. The first-order chi connectivity index (χ1) is 17.4. The number of fused-ring (bicyclic) bond motifs is 2. The maximum atomic E-state index is 5.04. The molecule has 0 amide bonds. The van der Waals surface area contributed by atoms with Gasteiger partial charge in [-0.1, -0.05) is 64.6 Å². The molecule has 40 heavy (non-hydrogen) atoms. The minimum absolute atomic E-state index is 0. The summed E-state index contributed by atoms with van der Waals surface area (Å²) in [7, 11) is 0. The van der Waals surface area contributed by atoms with Crippen LogP contribution >= 0.6 is 34.7 Å². The van der Waals surface area contributed by atoms with Crippen LogP contribution in [0.2, 0.25) is 0 Å². The Morgan fingerprint density at radius 2 is 1.50 bits per heavy atom. The molecular formula is C31H41Cl2N6P. The standard InChI is InChI=1S/C30H32N6.CH4.2ClH.H3P/c1-30(2,3)23-10-8-22(9-11-23)29-33-25-5-4-6-27(28(25)34-29)36-17-15-35(16-18-36)20-21-7-12-24-26(19-21)32-14-13-31-24;;;;/h4-14,19H,15-18,20H2,1-3H3,(H,33,34);1H4;2*1H;1H3. The lowest BCUT2D eigenvalue weighted by Crippen LogP contribution is -2.46. The summed E-state index contributed by atoms with van der Waals surface area (Å²) in [5, 5.41) is 0. The van der Waals surface area contributed by atoms with Crippen molar-refractivity contribution in [2.24, 2.45) is 0 Å². The summed E-state index contributed by atoms with van der Waals surface area (Å²) in [4.78, 5) is 22.4. The van der Waals surface area contributed by atoms with Crippen LogP contribution in [0.4, 0.5) is 5.69 Å². The molecule has 0 spiro atoms. The second kappa shape index (κ2) is 13.7. The molecule has 1 aliphatic heterocycles. The summed E-state index contributed by atoms with van der Waals surface area (Å²) in [6.07, 6.45) is 3.50. The molecule has 1 unspecified atom stereocenters. The number of hydrogen-bond donors (Lipinski definition) is 1. The van der Waals surface area contributed by atoms with Crippen LogP contribution < -0.4 is 4.90 Å². The third kappa shape index (κ3) is 6.92. The largest absolute Gasteiger partial charge is 0.367 e. The van der Waals surface area contributed by atoms with Crippen molar-refractivity contribution in [1.29, 1.82) is 0 Å². The Hall–Kier alpha value is -2.76. The number of nitrogens with zero attached hydrogens (tertiary/aromatic N) is 5. The summed E-state index contributed by atoms with van der Waals surface area (Å²) in [6.45, 7) is 11.6. The highest BCUT2D eigenvalue weighted by Crippen LogP contribution is 2.30. The van der Waals surface area contributed by atoms with Crippen molar-refractivity contribution in [3.8, 4) is 11.4 Å². The maximum Gasteiger partial charge on any atom is 0.138 e. The summed E-state index contributed by atoms with van der Waals surface area (Å²) in [5.41, 5.74) is 9.13. The number of hydrogen-bond acceptors (Lipinski definition) is 5. The van der Waals surface area contributed by atoms with E-state index in [-0.39, 0.29) is 47.6 Å². The van der Waals surface area contributed by atoms with Gasteiger partial charge in [-0.2, -0.15) is 9.90 Å². The predicted molar refractivity (Wildman–Crippen MR) is 180 cm³/mol. The number of H-pyrrole nitrogens is 1. The van der Waals surface area contributed by atoms with Gasteiger partial charge in [-0.15, -0.1) is 24.8 Å². The number of nitrogens with one attached hydrogen (secondary N) is 1. The first-order valence-corrected chi connectivity index (χ1v) is 12.7. The lowest BCUT2D eigenvalue weighted by atomic mass is 9.87. The first kappa shape index (κ1) is 33.4. The maximum absolute atomic E-state index is 5.04. The molecule has 1 N–H and O–H groups in total. The van der Waals surface area contributed by atoms with E-state index in [0.717, 1.165) is 66.2 Å². The Bertz CT molecular complexity index is 1520. The van der Waals surface area contributed by atoms with Crippen molar-refractivity contribution in [3.63, 3.8) is 0 Å². The molecule has 0 bridgehead atoms. The lowest BCUT2D eigenvalue weighted by Gasteiger charge is -2.36. The third-order valence-corrected chi connectivity index (χ3v) is 7.17. The average molecular weight is 600 g/mol. The highest BCUT2D eigenvalue weighted by atomic mass is 35.5. The summed E-state index contributed by atoms with van der Waals surface area (Å²) >= 11 is 0. The molecule has 1 saturated heterocycles. The number of aromatic amines is 1. The van der Waals surface area contributed by atoms with Gasteiger partial charge in [-0.3, -0.25) is 14.9 Å². The molecule has 1 fully saturated rings. The van der Waals surface area contributed by atoms with Crippen LogP contribution in [0, 0.1) is 0 Å². The Kier molecular flexibility index (Phi) is 11.5. The fraction of sp³-hybridized carbons (Fsp3) is 0.323. The van der Waals surface area contributed by atoms with E-state index in [4.69, 9.17) is 4.98 Å². The fourth-order valence-electron chi connectivity index (χ4n) is 5.05. The third-order valence-electron chi connectivity index (χ3n) is 7.17. The van der Waals surface area contributed by atoms with E-state index >= 15 is 0 Å². The van der Waals surface area contributed by atoms with Gasteiger partial charge in [0.2, 0.25) is 0 Å². The number of aromatic nitrogens is 4. The molecule has 214 valence electrons. The van der Waals surface area contributed by atoms with E-state index in [1.165, 1.54) is 16.8 Å². The van der Waals surface area contributed by atoms with Crippen LogP contribution in [-0.2, 0) is 12.0 Å². The topological polar surface area (TPSA) is 60.9 Å². The molecule has 6 rings (SSSR count). The Morgan fingerprint density at radius 1 is 0.825 bits per heavy atom. The first-order valence-electron chi connectivity index (χ1n) is 12.7. The number of piperazine rings is 1. The summed E-state index contributed by atoms with van der Waals surface area (Å²) < 4.78 is 0. The molecule has 0 aliphatic carbocycles. The number of imidazole rings is 1. The van der Waals surface area contributed by atoms with Gasteiger partial charge in [-0.25, -0.2) is 4.98 Å². The lowest BCUT2D eigenvalue weighted by molar-refractivity contribution is 0.250. The number of rotatable bonds is 4. The molecule has 3 heterocycles. The van der Waals surface area contributed by atoms with E-state index in [0.29, 0.717) is 0 Å². The van der Waals surface area contributed by atoms with E-state index in [1.54, 1.807) is 12.4 Å². The highest BCUT2D eigenvalue weighted by Gasteiger charge is 2.21. The smallest absolute Gasteiger partial charge is 0.138 e. The van der Waals surface area contributed by atoms with Gasteiger partial charge in [0.15, 0.2) is 0 Å². The minimum atomic E-state index is 0. The zero-order valence-electron chi connectivity index (χ0n) is 22.7. The van der Waals surface area contributed by atoms with Crippen LogP contribution in [0.25, 0.3) is 33.5 Å².